The molecule has 0 spiro atoms. The molecule has 0 radical (unpaired) electrons. The van der Waals surface area contributed by atoms with E-state index >= 15 is 0 Å². The van der Waals surface area contributed by atoms with Crippen LogP contribution in [0.1, 0.15) is 23.4 Å². The van der Waals surface area contributed by atoms with Crippen LogP contribution < -0.4 is 4.74 Å². The van der Waals surface area contributed by atoms with E-state index in [0.29, 0.717) is 42.5 Å². The van der Waals surface area contributed by atoms with E-state index in [9.17, 15) is 4.79 Å². The van der Waals surface area contributed by atoms with E-state index in [1.165, 1.54) is 6.33 Å². The van der Waals surface area contributed by atoms with Crippen molar-refractivity contribution < 1.29 is 9.53 Å². The van der Waals surface area contributed by atoms with Gasteiger partial charge in [0, 0.05) is 29.9 Å². The normalized spacial score (nSPS) is 11.0. The zero-order valence-electron chi connectivity index (χ0n) is 15.6. The Bertz CT molecular complexity index is 956. The van der Waals surface area contributed by atoms with Crippen molar-refractivity contribution >= 4 is 23.3 Å². The highest BCUT2D eigenvalue weighted by molar-refractivity contribution is 6.30. The number of benzene rings is 1. The lowest BCUT2D eigenvalue weighted by Gasteiger charge is -2.18. The maximum absolute atomic E-state index is 12.4. The van der Waals surface area contributed by atoms with Gasteiger partial charge in [-0.05, 0) is 44.0 Å². The Labute approximate surface area is 162 Å². The number of likely N-dealkylation sites (N-methyl/N-ethyl adjacent to an activating group) is 1. The Kier molecular flexibility index (Phi) is 5.91. The number of carbonyl (C=O) groups excluding carboxylic acids is 1. The summed E-state index contributed by atoms with van der Waals surface area (Å²) in [6, 6.07) is 7.21. The van der Waals surface area contributed by atoms with Crippen LogP contribution >= 0.6 is 11.6 Å². The Morgan fingerprint density at radius 1 is 1.33 bits per heavy atom. The van der Waals surface area contributed by atoms with Gasteiger partial charge in [0.2, 0.25) is 5.91 Å². The van der Waals surface area contributed by atoms with Crippen LogP contribution in [0.4, 0.5) is 0 Å². The highest BCUT2D eigenvalue weighted by atomic mass is 35.5. The maximum Gasteiger partial charge on any atom is 0.252 e. The number of halogens is 1. The molecule has 0 fully saturated rings. The number of carbonyl (C=O) groups is 1. The summed E-state index contributed by atoms with van der Waals surface area (Å²) < 4.78 is 7.34. The SMILES string of the molecule is Cc1nc2ncnn2c(C)c1CCC(=O)N(C)CCOc1cccc(Cl)c1. The monoisotopic (exact) mass is 387 g/mol. The molecule has 2 heterocycles. The standard InChI is InChI=1S/C19H22ClN5O2/c1-13-17(14(2)25-19(23-13)21-12-22-25)7-8-18(26)24(3)9-10-27-16-6-4-5-15(20)11-16/h4-6,11-12H,7-10H2,1-3H3. The lowest BCUT2D eigenvalue weighted by molar-refractivity contribution is -0.130. The first-order valence-corrected chi connectivity index (χ1v) is 9.11. The zero-order valence-corrected chi connectivity index (χ0v) is 16.4. The van der Waals surface area contributed by atoms with Gasteiger partial charge in [-0.1, -0.05) is 17.7 Å². The van der Waals surface area contributed by atoms with E-state index in [1.54, 1.807) is 28.6 Å². The summed E-state index contributed by atoms with van der Waals surface area (Å²) in [4.78, 5) is 22.7. The Morgan fingerprint density at radius 3 is 2.93 bits per heavy atom. The number of hydrogen-bond acceptors (Lipinski definition) is 5. The number of hydrogen-bond donors (Lipinski definition) is 0. The fourth-order valence-corrected chi connectivity index (χ4v) is 3.10. The van der Waals surface area contributed by atoms with Crippen molar-refractivity contribution in [1.29, 1.82) is 0 Å². The molecule has 0 unspecified atom stereocenters. The third-order valence-electron chi connectivity index (χ3n) is 4.49. The molecule has 0 saturated heterocycles. The Hall–Kier alpha value is -2.67. The van der Waals surface area contributed by atoms with Crippen LogP contribution in [-0.4, -0.2) is 50.6 Å². The van der Waals surface area contributed by atoms with Gasteiger partial charge in [0.1, 0.15) is 18.7 Å². The number of rotatable bonds is 7. The number of aryl methyl sites for hydroxylation is 2. The van der Waals surface area contributed by atoms with Crippen LogP contribution in [0, 0.1) is 13.8 Å². The van der Waals surface area contributed by atoms with Crippen LogP contribution in [0.5, 0.6) is 5.75 Å². The first-order chi connectivity index (χ1) is 13.0. The molecule has 3 rings (SSSR count). The smallest absolute Gasteiger partial charge is 0.252 e. The summed E-state index contributed by atoms with van der Waals surface area (Å²) in [7, 11) is 1.78. The van der Waals surface area contributed by atoms with Gasteiger partial charge in [-0.2, -0.15) is 10.1 Å². The lowest BCUT2D eigenvalue weighted by atomic mass is 10.1. The second-order valence-corrected chi connectivity index (χ2v) is 6.79. The van der Waals surface area contributed by atoms with E-state index in [1.807, 2.05) is 26.0 Å². The highest BCUT2D eigenvalue weighted by Crippen LogP contribution is 2.17. The van der Waals surface area contributed by atoms with Gasteiger partial charge in [0.25, 0.3) is 5.78 Å². The van der Waals surface area contributed by atoms with Gasteiger partial charge in [-0.15, -0.1) is 0 Å². The molecule has 142 valence electrons. The summed E-state index contributed by atoms with van der Waals surface area (Å²) >= 11 is 5.93. The predicted molar refractivity (Wildman–Crippen MR) is 103 cm³/mol. The summed E-state index contributed by atoms with van der Waals surface area (Å²) in [6.07, 6.45) is 2.49. The van der Waals surface area contributed by atoms with Crippen LogP contribution in [0.2, 0.25) is 5.02 Å². The van der Waals surface area contributed by atoms with Crippen molar-refractivity contribution in [3.63, 3.8) is 0 Å². The summed E-state index contributed by atoms with van der Waals surface area (Å²) in [6.45, 7) is 4.82. The van der Waals surface area contributed by atoms with E-state index in [4.69, 9.17) is 16.3 Å². The van der Waals surface area contributed by atoms with Gasteiger partial charge in [0.05, 0.1) is 6.54 Å². The van der Waals surface area contributed by atoms with Gasteiger partial charge in [-0.3, -0.25) is 4.79 Å². The Balaban J connectivity index is 1.53. The van der Waals surface area contributed by atoms with Crippen LogP contribution in [-0.2, 0) is 11.2 Å². The molecular weight excluding hydrogens is 366 g/mol. The number of amides is 1. The molecule has 3 aromatic rings. The minimum Gasteiger partial charge on any atom is -0.492 e. The van der Waals surface area contributed by atoms with Crippen molar-refractivity contribution in [3.8, 4) is 5.75 Å². The number of fused-ring (bicyclic) bond motifs is 1. The summed E-state index contributed by atoms with van der Waals surface area (Å²) in [5.41, 5.74) is 2.88. The van der Waals surface area contributed by atoms with Gasteiger partial charge in [-0.25, -0.2) is 9.50 Å². The fourth-order valence-electron chi connectivity index (χ4n) is 2.92. The molecule has 27 heavy (non-hydrogen) atoms. The molecular formula is C19H22ClN5O2. The van der Waals surface area contributed by atoms with Crippen molar-refractivity contribution in [2.45, 2.75) is 26.7 Å². The molecule has 8 heteroatoms. The molecule has 0 N–H and O–H groups in total. The molecule has 0 aliphatic carbocycles. The van der Waals surface area contributed by atoms with Crippen molar-refractivity contribution in [1.82, 2.24) is 24.5 Å². The second kappa shape index (κ2) is 8.35. The van der Waals surface area contributed by atoms with Crippen molar-refractivity contribution in [3.05, 3.63) is 52.6 Å². The molecule has 0 aliphatic rings. The van der Waals surface area contributed by atoms with Gasteiger partial charge in [0.15, 0.2) is 0 Å². The average molecular weight is 388 g/mol. The zero-order chi connectivity index (χ0) is 19.4. The van der Waals surface area contributed by atoms with E-state index in [0.717, 1.165) is 17.0 Å². The van der Waals surface area contributed by atoms with Gasteiger partial charge >= 0.3 is 0 Å². The van der Waals surface area contributed by atoms with E-state index < -0.39 is 0 Å². The first-order valence-electron chi connectivity index (χ1n) is 8.74. The molecule has 7 nitrogen and oxygen atoms in total. The molecule has 0 saturated carbocycles. The minimum atomic E-state index is 0.0576. The number of aromatic nitrogens is 4. The third-order valence-corrected chi connectivity index (χ3v) is 4.73. The topological polar surface area (TPSA) is 72.6 Å². The highest BCUT2D eigenvalue weighted by Gasteiger charge is 2.14. The maximum atomic E-state index is 12.4. The van der Waals surface area contributed by atoms with Crippen molar-refractivity contribution in [2.24, 2.45) is 0 Å². The van der Waals surface area contributed by atoms with E-state index in [2.05, 4.69) is 15.1 Å². The molecule has 1 aromatic carbocycles. The first kappa shape index (κ1) is 19.1. The summed E-state index contributed by atoms with van der Waals surface area (Å²) in [5.74, 6) is 1.33. The van der Waals surface area contributed by atoms with Gasteiger partial charge < -0.3 is 9.64 Å². The molecule has 0 bridgehead atoms. The van der Waals surface area contributed by atoms with Crippen LogP contribution in [0.25, 0.3) is 5.78 Å². The molecule has 0 aliphatic heterocycles. The molecule has 2 aromatic heterocycles. The average Bonchev–Trinajstić information content (AvgIpc) is 3.09. The van der Waals surface area contributed by atoms with Crippen LogP contribution in [0.15, 0.2) is 30.6 Å². The largest absolute Gasteiger partial charge is 0.492 e. The van der Waals surface area contributed by atoms with E-state index in [-0.39, 0.29) is 5.91 Å². The molecule has 0 atom stereocenters. The number of ether oxygens (including phenoxy) is 1. The third kappa shape index (κ3) is 4.54. The number of nitrogens with zero attached hydrogens (tertiary/aromatic N) is 5. The van der Waals surface area contributed by atoms with Crippen molar-refractivity contribution in [2.75, 3.05) is 20.2 Å². The molecule has 1 amide bonds. The lowest BCUT2D eigenvalue weighted by Crippen LogP contribution is -2.31. The Morgan fingerprint density at radius 2 is 2.15 bits per heavy atom. The fraction of sp³-hybridized carbons (Fsp3) is 0.368. The van der Waals surface area contributed by atoms with Crippen LogP contribution in [0.3, 0.4) is 0 Å². The summed E-state index contributed by atoms with van der Waals surface area (Å²) in [5, 5.41) is 4.81. The minimum absolute atomic E-state index is 0.0576. The second-order valence-electron chi connectivity index (χ2n) is 6.35. The predicted octanol–water partition coefficient (Wildman–Crippen LogP) is 2.86. The quantitative estimate of drug-likeness (QED) is 0.623.